The van der Waals surface area contributed by atoms with Crippen LogP contribution in [0, 0.1) is 0 Å². The molecule has 0 fully saturated rings. The Hall–Kier alpha value is -2.27. The molecule has 0 aliphatic carbocycles. The summed E-state index contributed by atoms with van der Waals surface area (Å²) in [5, 5.41) is 12.5. The van der Waals surface area contributed by atoms with E-state index in [9.17, 15) is 4.79 Å². The van der Waals surface area contributed by atoms with Crippen LogP contribution in [0.3, 0.4) is 0 Å². The van der Waals surface area contributed by atoms with E-state index in [1.165, 1.54) is 6.07 Å². The monoisotopic (exact) mass is 292 g/mol. The zero-order valence-corrected chi connectivity index (χ0v) is 11.5. The van der Waals surface area contributed by atoms with Gasteiger partial charge in [-0.25, -0.2) is 9.78 Å². The minimum Gasteiger partial charge on any atom is -0.495 e. The van der Waals surface area contributed by atoms with Crippen molar-refractivity contribution in [3.63, 3.8) is 0 Å². The van der Waals surface area contributed by atoms with Crippen molar-refractivity contribution in [3.8, 4) is 5.75 Å². The molecule has 0 radical (unpaired) electrons. The van der Waals surface area contributed by atoms with E-state index in [4.69, 9.17) is 21.4 Å². The van der Waals surface area contributed by atoms with Gasteiger partial charge in [0, 0.05) is 5.69 Å². The summed E-state index contributed by atoms with van der Waals surface area (Å²) in [6.45, 7) is 0.407. The first-order valence-electron chi connectivity index (χ1n) is 5.87. The minimum atomic E-state index is -1.04. The van der Waals surface area contributed by atoms with Crippen molar-refractivity contribution in [2.45, 2.75) is 6.54 Å². The third kappa shape index (κ3) is 3.39. The van der Waals surface area contributed by atoms with Crippen molar-refractivity contribution < 1.29 is 14.6 Å². The molecule has 0 aliphatic rings. The number of anilines is 1. The molecule has 0 spiro atoms. The number of nitrogens with zero attached hydrogens (tertiary/aromatic N) is 1. The minimum absolute atomic E-state index is 0.0251. The second-order valence-corrected chi connectivity index (χ2v) is 4.43. The van der Waals surface area contributed by atoms with Crippen LogP contribution in [0.1, 0.15) is 16.2 Å². The molecular weight excluding hydrogens is 280 g/mol. The van der Waals surface area contributed by atoms with E-state index in [-0.39, 0.29) is 5.69 Å². The molecule has 2 aromatic rings. The number of aromatic nitrogens is 1. The van der Waals surface area contributed by atoms with E-state index in [1.807, 2.05) is 6.07 Å². The van der Waals surface area contributed by atoms with E-state index in [0.29, 0.717) is 23.0 Å². The molecule has 0 bridgehead atoms. The third-order valence-corrected chi connectivity index (χ3v) is 2.95. The number of rotatable bonds is 5. The van der Waals surface area contributed by atoms with E-state index >= 15 is 0 Å². The number of ether oxygens (including phenoxy) is 1. The van der Waals surface area contributed by atoms with Gasteiger partial charge in [0.15, 0.2) is 0 Å². The quantitative estimate of drug-likeness (QED) is 0.886. The van der Waals surface area contributed by atoms with Crippen LogP contribution in [0.4, 0.5) is 5.69 Å². The van der Waals surface area contributed by atoms with Crippen molar-refractivity contribution in [3.05, 3.63) is 52.8 Å². The number of pyridine rings is 1. The molecule has 0 saturated heterocycles. The molecule has 0 unspecified atom stereocenters. The lowest BCUT2D eigenvalue weighted by Gasteiger charge is -2.09. The summed E-state index contributed by atoms with van der Waals surface area (Å²) in [6.07, 6.45) is 0. The summed E-state index contributed by atoms with van der Waals surface area (Å²) in [6, 6.07) is 10.2. The highest BCUT2D eigenvalue weighted by atomic mass is 35.5. The fraction of sp³-hybridized carbons (Fsp3) is 0.143. The zero-order chi connectivity index (χ0) is 14.5. The maximum atomic E-state index is 10.8. The van der Waals surface area contributed by atoms with E-state index < -0.39 is 5.97 Å². The molecule has 2 rings (SSSR count). The van der Waals surface area contributed by atoms with Crippen molar-refractivity contribution in [1.82, 2.24) is 4.98 Å². The summed E-state index contributed by atoms with van der Waals surface area (Å²) in [5.41, 5.74) is 1.47. The van der Waals surface area contributed by atoms with Gasteiger partial charge in [-0.1, -0.05) is 17.7 Å². The molecule has 0 saturated carbocycles. The number of carboxylic acid groups (broad SMARTS) is 1. The molecule has 2 N–H and O–H groups in total. The van der Waals surface area contributed by atoms with Gasteiger partial charge in [0.2, 0.25) is 0 Å². The topological polar surface area (TPSA) is 71.5 Å². The number of carbonyl (C=O) groups is 1. The molecule has 104 valence electrons. The summed E-state index contributed by atoms with van der Waals surface area (Å²) >= 11 is 6.02. The number of hydrogen-bond acceptors (Lipinski definition) is 4. The second-order valence-electron chi connectivity index (χ2n) is 4.02. The van der Waals surface area contributed by atoms with Gasteiger partial charge in [-0.15, -0.1) is 0 Å². The van der Waals surface area contributed by atoms with Crippen LogP contribution in [0.2, 0.25) is 5.02 Å². The average molecular weight is 293 g/mol. The Bertz CT molecular complexity index is 632. The first kappa shape index (κ1) is 14.1. The molecule has 1 aromatic carbocycles. The number of methoxy groups -OCH3 is 1. The summed E-state index contributed by atoms with van der Waals surface area (Å²) in [7, 11) is 1.55. The molecule has 5 nitrogen and oxygen atoms in total. The van der Waals surface area contributed by atoms with Gasteiger partial charge < -0.3 is 15.2 Å². The molecule has 0 aliphatic heterocycles. The van der Waals surface area contributed by atoms with Crippen molar-refractivity contribution in [1.29, 1.82) is 0 Å². The predicted octanol–water partition coefficient (Wildman–Crippen LogP) is 3.05. The highest BCUT2D eigenvalue weighted by molar-refractivity contribution is 6.32. The van der Waals surface area contributed by atoms with Gasteiger partial charge in [-0.05, 0) is 30.3 Å². The number of halogens is 1. The Balaban J connectivity index is 2.07. The van der Waals surface area contributed by atoms with Crippen molar-refractivity contribution in [2.24, 2.45) is 0 Å². The number of aromatic carboxylic acids is 1. The van der Waals surface area contributed by atoms with E-state index in [0.717, 1.165) is 5.69 Å². The van der Waals surface area contributed by atoms with Gasteiger partial charge in [0.05, 0.1) is 24.4 Å². The number of benzene rings is 1. The van der Waals surface area contributed by atoms with Gasteiger partial charge >= 0.3 is 5.97 Å². The maximum absolute atomic E-state index is 10.8. The first-order valence-corrected chi connectivity index (χ1v) is 6.24. The third-order valence-electron chi connectivity index (χ3n) is 2.65. The van der Waals surface area contributed by atoms with E-state index in [1.54, 1.807) is 31.4 Å². The molecule has 0 amide bonds. The van der Waals surface area contributed by atoms with Crippen LogP contribution < -0.4 is 10.1 Å². The lowest BCUT2D eigenvalue weighted by atomic mass is 10.2. The Morgan fingerprint density at radius 1 is 1.40 bits per heavy atom. The lowest BCUT2D eigenvalue weighted by molar-refractivity contribution is 0.0690. The van der Waals surface area contributed by atoms with Crippen molar-refractivity contribution >= 4 is 23.3 Å². The fourth-order valence-electron chi connectivity index (χ4n) is 1.67. The van der Waals surface area contributed by atoms with Crippen LogP contribution in [-0.2, 0) is 6.54 Å². The molecule has 1 aromatic heterocycles. The highest BCUT2D eigenvalue weighted by Crippen LogP contribution is 2.27. The predicted molar refractivity (Wildman–Crippen MR) is 76.5 cm³/mol. The zero-order valence-electron chi connectivity index (χ0n) is 10.8. The fourth-order valence-corrected chi connectivity index (χ4v) is 1.92. The Morgan fingerprint density at radius 2 is 2.20 bits per heavy atom. The SMILES string of the molecule is COc1ccc(NCc2cccc(C(=O)O)n2)cc1Cl. The van der Waals surface area contributed by atoms with Gasteiger partial charge in [0.1, 0.15) is 11.4 Å². The molecular formula is C14H13ClN2O3. The van der Waals surface area contributed by atoms with Crippen LogP contribution in [-0.4, -0.2) is 23.2 Å². The molecule has 0 atom stereocenters. The Labute approximate surface area is 121 Å². The van der Waals surface area contributed by atoms with E-state index in [2.05, 4.69) is 10.3 Å². The number of carboxylic acids is 1. The highest BCUT2D eigenvalue weighted by Gasteiger charge is 2.05. The lowest BCUT2D eigenvalue weighted by Crippen LogP contribution is -2.06. The number of nitrogens with one attached hydrogen (secondary N) is 1. The van der Waals surface area contributed by atoms with Crippen LogP contribution in [0.5, 0.6) is 5.75 Å². The van der Waals surface area contributed by atoms with Crippen molar-refractivity contribution in [2.75, 3.05) is 12.4 Å². The van der Waals surface area contributed by atoms with Gasteiger partial charge in [-0.2, -0.15) is 0 Å². The molecule has 1 heterocycles. The Morgan fingerprint density at radius 3 is 2.85 bits per heavy atom. The summed E-state index contributed by atoms with van der Waals surface area (Å²) < 4.78 is 5.07. The summed E-state index contributed by atoms with van der Waals surface area (Å²) in [4.78, 5) is 14.9. The first-order chi connectivity index (χ1) is 9.60. The van der Waals surface area contributed by atoms with Crippen LogP contribution in [0.15, 0.2) is 36.4 Å². The molecule has 20 heavy (non-hydrogen) atoms. The molecule has 6 heteroatoms. The smallest absolute Gasteiger partial charge is 0.354 e. The van der Waals surface area contributed by atoms with Crippen LogP contribution in [0.25, 0.3) is 0 Å². The number of hydrogen-bond donors (Lipinski definition) is 2. The standard InChI is InChI=1S/C14H13ClN2O3/c1-20-13-6-5-9(7-11(13)15)16-8-10-3-2-4-12(17-10)14(18)19/h2-7,16H,8H2,1H3,(H,18,19). The largest absolute Gasteiger partial charge is 0.495 e. The average Bonchev–Trinajstić information content (AvgIpc) is 2.45. The maximum Gasteiger partial charge on any atom is 0.354 e. The second kappa shape index (κ2) is 6.25. The Kier molecular flexibility index (Phi) is 4.42. The van der Waals surface area contributed by atoms with Gasteiger partial charge in [0.25, 0.3) is 0 Å². The van der Waals surface area contributed by atoms with Crippen LogP contribution >= 0.6 is 11.6 Å². The normalized spacial score (nSPS) is 10.1. The summed E-state index contributed by atoms with van der Waals surface area (Å²) in [5.74, 6) is -0.442. The van der Waals surface area contributed by atoms with Gasteiger partial charge in [-0.3, -0.25) is 0 Å².